The van der Waals surface area contributed by atoms with Crippen molar-refractivity contribution in [1.82, 2.24) is 5.32 Å². The van der Waals surface area contributed by atoms with Crippen LogP contribution in [-0.4, -0.2) is 24.9 Å². The molecule has 17 heavy (non-hydrogen) atoms. The van der Waals surface area contributed by atoms with Crippen LogP contribution in [0.5, 0.6) is 0 Å². The number of hydrogen-bond donors (Lipinski definition) is 3. The van der Waals surface area contributed by atoms with Gasteiger partial charge in [0.2, 0.25) is 5.91 Å². The van der Waals surface area contributed by atoms with E-state index in [4.69, 9.17) is 5.73 Å². The van der Waals surface area contributed by atoms with Crippen molar-refractivity contribution in [3.05, 3.63) is 29.8 Å². The van der Waals surface area contributed by atoms with Gasteiger partial charge in [-0.25, -0.2) is 0 Å². The van der Waals surface area contributed by atoms with Gasteiger partial charge in [0.25, 0.3) is 5.91 Å². The summed E-state index contributed by atoms with van der Waals surface area (Å²) in [6, 6.07) is 6.24. The van der Waals surface area contributed by atoms with E-state index in [0.29, 0.717) is 17.7 Å². The van der Waals surface area contributed by atoms with Gasteiger partial charge in [0.1, 0.15) is 0 Å². The van der Waals surface area contributed by atoms with E-state index in [1.54, 1.807) is 31.3 Å². The number of rotatable bonds is 4. The van der Waals surface area contributed by atoms with Gasteiger partial charge in [-0.15, -0.1) is 0 Å². The number of nitrogens with one attached hydrogen (secondary N) is 2. The number of carbonyl (C=O) groups excluding carboxylic acids is 2. The van der Waals surface area contributed by atoms with Gasteiger partial charge >= 0.3 is 0 Å². The van der Waals surface area contributed by atoms with E-state index in [1.165, 1.54) is 0 Å². The van der Waals surface area contributed by atoms with Gasteiger partial charge in [-0.3, -0.25) is 9.59 Å². The molecule has 5 heteroatoms. The van der Waals surface area contributed by atoms with Crippen molar-refractivity contribution in [3.63, 3.8) is 0 Å². The standard InChI is InChI=1S/C12H17N3O2/c1-3-9(13)12(17)15-10-7-5-4-6-8(10)11(16)14-2/h4-7,9H,3,13H2,1-2H3,(H,14,16)(H,15,17)/t9-/m0/s1. The molecule has 2 amide bonds. The van der Waals surface area contributed by atoms with Gasteiger partial charge in [-0.1, -0.05) is 19.1 Å². The summed E-state index contributed by atoms with van der Waals surface area (Å²) < 4.78 is 0. The van der Waals surface area contributed by atoms with E-state index in [9.17, 15) is 9.59 Å². The highest BCUT2D eigenvalue weighted by Gasteiger charge is 2.15. The SMILES string of the molecule is CC[C@H](N)C(=O)Nc1ccccc1C(=O)NC. The van der Waals surface area contributed by atoms with Crippen molar-refractivity contribution in [3.8, 4) is 0 Å². The number of benzene rings is 1. The topological polar surface area (TPSA) is 84.2 Å². The number of amides is 2. The summed E-state index contributed by atoms with van der Waals surface area (Å²) in [6.45, 7) is 1.83. The van der Waals surface area contributed by atoms with Gasteiger partial charge in [-0.2, -0.15) is 0 Å². The van der Waals surface area contributed by atoms with Crippen LogP contribution in [0.1, 0.15) is 23.7 Å². The minimum absolute atomic E-state index is 0.244. The van der Waals surface area contributed by atoms with Crippen LogP contribution < -0.4 is 16.4 Å². The van der Waals surface area contributed by atoms with Crippen LogP contribution in [0.25, 0.3) is 0 Å². The lowest BCUT2D eigenvalue weighted by Gasteiger charge is -2.12. The van der Waals surface area contributed by atoms with E-state index in [-0.39, 0.29) is 11.8 Å². The number of anilines is 1. The molecular weight excluding hydrogens is 218 g/mol. The number of carbonyl (C=O) groups is 2. The first-order valence-electron chi connectivity index (χ1n) is 5.47. The van der Waals surface area contributed by atoms with Crippen molar-refractivity contribution < 1.29 is 9.59 Å². The molecule has 0 saturated heterocycles. The van der Waals surface area contributed by atoms with Gasteiger partial charge < -0.3 is 16.4 Å². The fraction of sp³-hybridized carbons (Fsp3) is 0.333. The van der Waals surface area contributed by atoms with E-state index in [0.717, 1.165) is 0 Å². The molecule has 0 bridgehead atoms. The van der Waals surface area contributed by atoms with Crippen LogP contribution in [-0.2, 0) is 4.79 Å². The number of para-hydroxylation sites is 1. The van der Waals surface area contributed by atoms with E-state index in [1.807, 2.05) is 6.92 Å². The van der Waals surface area contributed by atoms with Crippen LogP contribution in [0.3, 0.4) is 0 Å². The Balaban J connectivity index is 2.91. The van der Waals surface area contributed by atoms with Gasteiger partial charge in [-0.05, 0) is 18.6 Å². The number of hydrogen-bond acceptors (Lipinski definition) is 3. The van der Waals surface area contributed by atoms with Crippen molar-refractivity contribution in [2.45, 2.75) is 19.4 Å². The minimum Gasteiger partial charge on any atom is -0.355 e. The molecule has 1 rings (SSSR count). The van der Waals surface area contributed by atoms with Crippen LogP contribution >= 0.6 is 0 Å². The van der Waals surface area contributed by atoms with Crippen LogP contribution in [0.4, 0.5) is 5.69 Å². The summed E-state index contributed by atoms with van der Waals surface area (Å²) in [7, 11) is 1.54. The lowest BCUT2D eigenvalue weighted by atomic mass is 10.1. The van der Waals surface area contributed by atoms with Crippen LogP contribution in [0.15, 0.2) is 24.3 Å². The predicted molar refractivity (Wildman–Crippen MR) is 66.7 cm³/mol. The molecule has 0 saturated carbocycles. The van der Waals surface area contributed by atoms with Crippen molar-refractivity contribution in [2.75, 3.05) is 12.4 Å². The molecule has 0 fully saturated rings. The summed E-state index contributed by atoms with van der Waals surface area (Å²) in [5, 5.41) is 5.17. The molecule has 0 radical (unpaired) electrons. The Morgan fingerprint density at radius 2 is 2.00 bits per heavy atom. The average Bonchev–Trinajstić information content (AvgIpc) is 2.37. The maximum absolute atomic E-state index is 11.6. The highest BCUT2D eigenvalue weighted by atomic mass is 16.2. The quantitative estimate of drug-likeness (QED) is 0.719. The summed E-state index contributed by atoms with van der Waals surface area (Å²) in [4.78, 5) is 23.2. The Hall–Kier alpha value is -1.88. The molecular formula is C12H17N3O2. The fourth-order valence-electron chi connectivity index (χ4n) is 1.34. The molecule has 0 aliphatic carbocycles. The molecule has 0 aromatic heterocycles. The summed E-state index contributed by atoms with van der Waals surface area (Å²) in [5.41, 5.74) is 6.51. The van der Waals surface area contributed by atoms with E-state index in [2.05, 4.69) is 10.6 Å². The molecule has 1 atom stereocenters. The Kier molecular flexibility index (Phi) is 4.66. The molecule has 0 unspecified atom stereocenters. The molecule has 0 spiro atoms. The molecule has 1 aromatic carbocycles. The Morgan fingerprint density at radius 3 is 2.59 bits per heavy atom. The molecule has 92 valence electrons. The Morgan fingerprint density at radius 1 is 1.35 bits per heavy atom. The second-order valence-corrected chi connectivity index (χ2v) is 3.63. The second kappa shape index (κ2) is 6.00. The van der Waals surface area contributed by atoms with E-state index < -0.39 is 6.04 Å². The molecule has 4 N–H and O–H groups in total. The lowest BCUT2D eigenvalue weighted by Crippen LogP contribution is -2.35. The fourth-order valence-corrected chi connectivity index (χ4v) is 1.34. The summed E-state index contributed by atoms with van der Waals surface area (Å²) in [6.07, 6.45) is 0.550. The summed E-state index contributed by atoms with van der Waals surface area (Å²) in [5.74, 6) is -0.533. The maximum atomic E-state index is 11.6. The monoisotopic (exact) mass is 235 g/mol. The zero-order valence-corrected chi connectivity index (χ0v) is 9.99. The predicted octanol–water partition coefficient (Wildman–Crippen LogP) is 0.722. The third kappa shape index (κ3) is 3.29. The zero-order chi connectivity index (χ0) is 12.8. The maximum Gasteiger partial charge on any atom is 0.253 e. The van der Waals surface area contributed by atoms with Gasteiger partial charge in [0, 0.05) is 7.05 Å². The smallest absolute Gasteiger partial charge is 0.253 e. The van der Waals surface area contributed by atoms with E-state index >= 15 is 0 Å². The highest BCUT2D eigenvalue weighted by molar-refractivity contribution is 6.04. The number of nitrogens with two attached hydrogens (primary N) is 1. The van der Waals surface area contributed by atoms with Crippen LogP contribution in [0.2, 0.25) is 0 Å². The van der Waals surface area contributed by atoms with Crippen molar-refractivity contribution in [1.29, 1.82) is 0 Å². The third-order valence-electron chi connectivity index (χ3n) is 2.43. The average molecular weight is 235 g/mol. The minimum atomic E-state index is -0.562. The first-order valence-corrected chi connectivity index (χ1v) is 5.47. The second-order valence-electron chi connectivity index (χ2n) is 3.63. The molecule has 0 aliphatic rings. The highest BCUT2D eigenvalue weighted by Crippen LogP contribution is 2.15. The summed E-state index contributed by atoms with van der Waals surface area (Å²) >= 11 is 0. The molecule has 1 aromatic rings. The third-order valence-corrected chi connectivity index (χ3v) is 2.43. The largest absolute Gasteiger partial charge is 0.355 e. The Labute approximate surface area is 100 Å². The molecule has 0 heterocycles. The molecule has 0 aliphatic heterocycles. The normalized spacial score (nSPS) is 11.7. The van der Waals surface area contributed by atoms with Gasteiger partial charge in [0.05, 0.1) is 17.3 Å². The first kappa shape index (κ1) is 13.2. The molecule has 5 nitrogen and oxygen atoms in total. The van der Waals surface area contributed by atoms with Crippen molar-refractivity contribution in [2.24, 2.45) is 5.73 Å². The van der Waals surface area contributed by atoms with Gasteiger partial charge in [0.15, 0.2) is 0 Å². The van der Waals surface area contributed by atoms with Crippen LogP contribution in [0, 0.1) is 0 Å². The van der Waals surface area contributed by atoms with Crippen molar-refractivity contribution >= 4 is 17.5 Å². The first-order chi connectivity index (χ1) is 8.10. The Bertz CT molecular complexity index is 418. The lowest BCUT2D eigenvalue weighted by molar-refractivity contribution is -0.117. The zero-order valence-electron chi connectivity index (χ0n) is 9.99.